The van der Waals surface area contributed by atoms with Gasteiger partial charge in [-0.05, 0) is 19.4 Å². The Hall–Kier alpha value is -0.870. The van der Waals surface area contributed by atoms with Gasteiger partial charge in [0.1, 0.15) is 0 Å². The van der Waals surface area contributed by atoms with Crippen LogP contribution in [0.2, 0.25) is 0 Å². The van der Waals surface area contributed by atoms with Gasteiger partial charge in [0.2, 0.25) is 0 Å². The summed E-state index contributed by atoms with van der Waals surface area (Å²) in [7, 11) is 0. The second kappa shape index (κ2) is 4.77. The summed E-state index contributed by atoms with van der Waals surface area (Å²) in [5, 5.41) is 9.08. The molecule has 0 bridgehead atoms. The molecular formula is C11H19N3O. The normalized spacial score (nSPS) is 16.2. The maximum atomic E-state index is 9.08. The largest absolute Gasteiger partial charge is 0.390 e. The highest BCUT2D eigenvalue weighted by atomic mass is 16.3. The number of hydrogen-bond donors (Lipinski definition) is 1. The standard InChI is InChI=1S/C11H19N3O/c1-2-13(10-3-4-10)5-6-14-9-12-7-11(14)8-15/h7,9-10,15H,2-6,8H2,1H3. The molecule has 2 rings (SSSR count). The van der Waals surface area contributed by atoms with E-state index in [9.17, 15) is 0 Å². The van der Waals surface area contributed by atoms with Crippen molar-refractivity contribution < 1.29 is 5.11 Å². The summed E-state index contributed by atoms with van der Waals surface area (Å²) in [6, 6.07) is 0.816. The average Bonchev–Trinajstić information content (AvgIpc) is 2.98. The molecule has 1 N–H and O–H groups in total. The van der Waals surface area contributed by atoms with E-state index >= 15 is 0 Å². The van der Waals surface area contributed by atoms with E-state index in [1.807, 2.05) is 4.57 Å². The Morgan fingerprint density at radius 2 is 2.40 bits per heavy atom. The van der Waals surface area contributed by atoms with E-state index in [1.54, 1.807) is 12.5 Å². The van der Waals surface area contributed by atoms with Crippen LogP contribution in [0.1, 0.15) is 25.5 Å². The van der Waals surface area contributed by atoms with Crippen molar-refractivity contribution in [1.29, 1.82) is 0 Å². The van der Waals surface area contributed by atoms with E-state index in [2.05, 4.69) is 16.8 Å². The van der Waals surface area contributed by atoms with Crippen molar-refractivity contribution in [2.75, 3.05) is 13.1 Å². The number of rotatable bonds is 6. The minimum Gasteiger partial charge on any atom is -0.390 e. The first kappa shape index (κ1) is 10.6. The summed E-state index contributed by atoms with van der Waals surface area (Å²) in [6.45, 7) is 5.40. The van der Waals surface area contributed by atoms with Crippen LogP contribution >= 0.6 is 0 Å². The van der Waals surface area contributed by atoms with Crippen molar-refractivity contribution in [2.24, 2.45) is 0 Å². The highest BCUT2D eigenvalue weighted by molar-refractivity contribution is 4.96. The van der Waals surface area contributed by atoms with Crippen molar-refractivity contribution in [3.63, 3.8) is 0 Å². The number of nitrogens with zero attached hydrogens (tertiary/aromatic N) is 3. The topological polar surface area (TPSA) is 41.3 Å². The number of likely N-dealkylation sites (N-methyl/N-ethyl adjacent to an activating group) is 1. The quantitative estimate of drug-likeness (QED) is 0.755. The Labute approximate surface area is 90.5 Å². The molecule has 0 aromatic carbocycles. The summed E-state index contributed by atoms with van der Waals surface area (Å²) < 4.78 is 2.03. The molecular weight excluding hydrogens is 190 g/mol. The van der Waals surface area contributed by atoms with Crippen molar-refractivity contribution in [3.8, 4) is 0 Å². The zero-order valence-corrected chi connectivity index (χ0v) is 9.26. The molecule has 0 spiro atoms. The molecule has 1 heterocycles. The van der Waals surface area contributed by atoms with Crippen LogP contribution in [-0.4, -0.2) is 38.7 Å². The van der Waals surface area contributed by atoms with Crippen LogP contribution in [-0.2, 0) is 13.2 Å². The molecule has 0 radical (unpaired) electrons. The molecule has 1 fully saturated rings. The van der Waals surface area contributed by atoms with Gasteiger partial charge < -0.3 is 9.67 Å². The van der Waals surface area contributed by atoms with Crippen molar-refractivity contribution >= 4 is 0 Å². The summed E-state index contributed by atoms with van der Waals surface area (Å²) in [4.78, 5) is 6.54. The minimum atomic E-state index is 0.0789. The monoisotopic (exact) mass is 209 g/mol. The van der Waals surface area contributed by atoms with Crippen LogP contribution in [0.5, 0.6) is 0 Å². The number of aromatic nitrogens is 2. The Morgan fingerprint density at radius 3 is 3.00 bits per heavy atom. The van der Waals surface area contributed by atoms with Crippen LogP contribution in [0.15, 0.2) is 12.5 Å². The third-order valence-electron chi connectivity index (χ3n) is 3.06. The second-order valence-electron chi connectivity index (χ2n) is 4.10. The Morgan fingerprint density at radius 1 is 1.60 bits per heavy atom. The Kier molecular flexibility index (Phi) is 3.38. The zero-order valence-electron chi connectivity index (χ0n) is 9.26. The van der Waals surface area contributed by atoms with Gasteiger partial charge in [-0.3, -0.25) is 4.90 Å². The van der Waals surface area contributed by atoms with Gasteiger partial charge in [0, 0.05) is 19.1 Å². The first-order valence-corrected chi connectivity index (χ1v) is 5.69. The predicted octanol–water partition coefficient (Wildman–Crippen LogP) is 0.860. The molecule has 1 saturated carbocycles. The van der Waals surface area contributed by atoms with Gasteiger partial charge >= 0.3 is 0 Å². The molecule has 84 valence electrons. The van der Waals surface area contributed by atoms with Crippen LogP contribution in [0.25, 0.3) is 0 Å². The minimum absolute atomic E-state index is 0.0789. The fraction of sp³-hybridized carbons (Fsp3) is 0.727. The molecule has 0 aliphatic heterocycles. The van der Waals surface area contributed by atoms with Gasteiger partial charge in [0.15, 0.2) is 0 Å². The van der Waals surface area contributed by atoms with Gasteiger partial charge in [0.05, 0.1) is 24.8 Å². The molecule has 0 saturated heterocycles. The lowest BCUT2D eigenvalue weighted by molar-refractivity contribution is 0.249. The highest BCUT2D eigenvalue weighted by Gasteiger charge is 2.27. The third-order valence-corrected chi connectivity index (χ3v) is 3.06. The molecule has 4 nitrogen and oxygen atoms in total. The van der Waals surface area contributed by atoms with Crippen molar-refractivity contribution in [2.45, 2.75) is 39.0 Å². The fourth-order valence-corrected chi connectivity index (χ4v) is 1.96. The maximum Gasteiger partial charge on any atom is 0.0949 e. The molecule has 0 atom stereocenters. The Balaban J connectivity index is 1.85. The molecule has 15 heavy (non-hydrogen) atoms. The fourth-order valence-electron chi connectivity index (χ4n) is 1.96. The second-order valence-corrected chi connectivity index (χ2v) is 4.10. The number of hydrogen-bond acceptors (Lipinski definition) is 3. The number of imidazole rings is 1. The van der Waals surface area contributed by atoms with Gasteiger partial charge in [0.25, 0.3) is 0 Å². The van der Waals surface area contributed by atoms with Crippen LogP contribution < -0.4 is 0 Å². The summed E-state index contributed by atoms with van der Waals surface area (Å²) >= 11 is 0. The van der Waals surface area contributed by atoms with Gasteiger partial charge in [-0.1, -0.05) is 6.92 Å². The first-order chi connectivity index (χ1) is 7.35. The van der Waals surface area contributed by atoms with E-state index in [0.29, 0.717) is 0 Å². The Bertz CT molecular complexity index is 307. The lowest BCUT2D eigenvalue weighted by Crippen LogP contribution is -2.29. The van der Waals surface area contributed by atoms with Gasteiger partial charge in [-0.25, -0.2) is 4.98 Å². The van der Waals surface area contributed by atoms with Crippen LogP contribution in [0, 0.1) is 0 Å². The van der Waals surface area contributed by atoms with E-state index in [1.165, 1.54) is 12.8 Å². The smallest absolute Gasteiger partial charge is 0.0949 e. The lowest BCUT2D eigenvalue weighted by atomic mass is 10.4. The summed E-state index contributed by atoms with van der Waals surface area (Å²) in [5.74, 6) is 0. The summed E-state index contributed by atoms with van der Waals surface area (Å²) in [6.07, 6.45) is 6.23. The SMILES string of the molecule is CCN(CCn1cncc1CO)C1CC1. The molecule has 1 aliphatic carbocycles. The van der Waals surface area contributed by atoms with E-state index < -0.39 is 0 Å². The molecule has 1 aromatic heterocycles. The van der Waals surface area contributed by atoms with Crippen molar-refractivity contribution in [1.82, 2.24) is 14.5 Å². The zero-order chi connectivity index (χ0) is 10.7. The van der Waals surface area contributed by atoms with E-state index in [4.69, 9.17) is 5.11 Å². The van der Waals surface area contributed by atoms with Crippen LogP contribution in [0.4, 0.5) is 0 Å². The van der Waals surface area contributed by atoms with Crippen molar-refractivity contribution in [3.05, 3.63) is 18.2 Å². The maximum absolute atomic E-state index is 9.08. The van der Waals surface area contributed by atoms with Crippen LogP contribution in [0.3, 0.4) is 0 Å². The first-order valence-electron chi connectivity index (χ1n) is 5.69. The third kappa shape index (κ3) is 2.58. The number of aliphatic hydroxyl groups is 1. The molecule has 4 heteroatoms. The van der Waals surface area contributed by atoms with E-state index in [0.717, 1.165) is 31.4 Å². The van der Waals surface area contributed by atoms with E-state index in [-0.39, 0.29) is 6.61 Å². The molecule has 0 unspecified atom stereocenters. The van der Waals surface area contributed by atoms with Gasteiger partial charge in [-0.2, -0.15) is 0 Å². The highest BCUT2D eigenvalue weighted by Crippen LogP contribution is 2.26. The average molecular weight is 209 g/mol. The lowest BCUT2D eigenvalue weighted by Gasteiger charge is -2.20. The van der Waals surface area contributed by atoms with Gasteiger partial charge in [-0.15, -0.1) is 0 Å². The molecule has 1 aromatic rings. The summed E-state index contributed by atoms with van der Waals surface area (Å²) in [5.41, 5.74) is 0.904. The molecule has 1 aliphatic rings. The number of aliphatic hydroxyl groups excluding tert-OH is 1. The predicted molar refractivity (Wildman–Crippen MR) is 58.4 cm³/mol. The molecule has 0 amide bonds.